The number of hydrogen-bond acceptors (Lipinski definition) is 3. The van der Waals surface area contributed by atoms with Gasteiger partial charge in [0.1, 0.15) is 0 Å². The van der Waals surface area contributed by atoms with Gasteiger partial charge in [0.05, 0.1) is 17.2 Å². The maximum atomic E-state index is 10.1. The third-order valence-corrected chi connectivity index (χ3v) is 3.21. The van der Waals surface area contributed by atoms with Crippen molar-refractivity contribution in [3.05, 3.63) is 35.4 Å². The Labute approximate surface area is 102 Å². The number of rotatable bonds is 4. The summed E-state index contributed by atoms with van der Waals surface area (Å²) in [5.74, 6) is 0. The molecule has 3 heteroatoms. The van der Waals surface area contributed by atoms with Crippen molar-refractivity contribution in [3.63, 3.8) is 0 Å². The lowest BCUT2D eigenvalue weighted by Gasteiger charge is -2.46. The van der Waals surface area contributed by atoms with E-state index in [1.165, 1.54) is 0 Å². The maximum absolute atomic E-state index is 10.1. The Morgan fingerprint density at radius 2 is 2.24 bits per heavy atom. The van der Waals surface area contributed by atoms with Gasteiger partial charge >= 0.3 is 0 Å². The van der Waals surface area contributed by atoms with Crippen molar-refractivity contribution >= 4 is 0 Å². The van der Waals surface area contributed by atoms with E-state index in [-0.39, 0.29) is 0 Å². The van der Waals surface area contributed by atoms with Crippen LogP contribution in [0.15, 0.2) is 24.3 Å². The molecule has 17 heavy (non-hydrogen) atoms. The predicted octanol–water partition coefficient (Wildman–Crippen LogP) is 1.91. The maximum Gasteiger partial charge on any atom is 0.0991 e. The van der Waals surface area contributed by atoms with Crippen molar-refractivity contribution in [2.45, 2.75) is 31.9 Å². The second-order valence-electron chi connectivity index (χ2n) is 4.93. The molecule has 0 unspecified atom stereocenters. The summed E-state index contributed by atoms with van der Waals surface area (Å²) < 4.78 is 0. The molecule has 2 rings (SSSR count). The smallest absolute Gasteiger partial charge is 0.0991 e. The van der Waals surface area contributed by atoms with E-state index in [1.807, 2.05) is 24.3 Å². The van der Waals surface area contributed by atoms with Gasteiger partial charge in [-0.05, 0) is 24.1 Å². The van der Waals surface area contributed by atoms with Crippen LogP contribution in [0.5, 0.6) is 0 Å². The summed E-state index contributed by atoms with van der Waals surface area (Å²) in [6.45, 7) is 4.41. The number of aliphatic hydroxyl groups is 1. The van der Waals surface area contributed by atoms with Crippen LogP contribution in [0.3, 0.4) is 0 Å². The summed E-state index contributed by atoms with van der Waals surface area (Å²) >= 11 is 0. The fourth-order valence-electron chi connectivity index (χ4n) is 2.52. The Balaban J connectivity index is 1.90. The third kappa shape index (κ3) is 2.85. The van der Waals surface area contributed by atoms with Crippen LogP contribution in [0.1, 0.15) is 30.9 Å². The lowest BCUT2D eigenvalue weighted by Crippen LogP contribution is -2.60. The number of benzene rings is 1. The molecule has 0 radical (unpaired) electrons. The van der Waals surface area contributed by atoms with Gasteiger partial charge in [-0.2, -0.15) is 5.26 Å². The molecule has 0 bridgehead atoms. The molecular formula is C14H18N2O. The molecule has 0 amide bonds. The Morgan fingerprint density at radius 3 is 2.88 bits per heavy atom. The minimum absolute atomic E-state index is 0.471. The van der Waals surface area contributed by atoms with Crippen LogP contribution < -0.4 is 0 Å². The molecule has 0 spiro atoms. The normalized spacial score (nSPS) is 18.4. The van der Waals surface area contributed by atoms with Crippen LogP contribution in [0.2, 0.25) is 0 Å². The van der Waals surface area contributed by atoms with Gasteiger partial charge in [-0.15, -0.1) is 0 Å². The molecule has 1 aromatic rings. The largest absolute Gasteiger partial charge is 0.387 e. The van der Waals surface area contributed by atoms with E-state index in [1.54, 1.807) is 0 Å². The van der Waals surface area contributed by atoms with Crippen molar-refractivity contribution in [1.29, 1.82) is 5.26 Å². The van der Waals surface area contributed by atoms with Crippen molar-refractivity contribution in [2.75, 3.05) is 13.1 Å². The summed E-state index contributed by atoms with van der Waals surface area (Å²) in [5.41, 5.74) is 1.37. The first-order valence-corrected chi connectivity index (χ1v) is 6.09. The number of hydrogen-bond donors (Lipinski definition) is 1. The molecule has 1 aliphatic rings. The number of likely N-dealkylation sites (tertiary alicyclic amines) is 1. The lowest BCUT2D eigenvalue weighted by molar-refractivity contribution is -0.106. The molecule has 1 aliphatic heterocycles. The van der Waals surface area contributed by atoms with Crippen LogP contribution in [0, 0.1) is 11.3 Å². The summed E-state index contributed by atoms with van der Waals surface area (Å²) in [7, 11) is 0. The van der Waals surface area contributed by atoms with Gasteiger partial charge in [0.15, 0.2) is 0 Å². The Hall–Kier alpha value is -1.37. The monoisotopic (exact) mass is 230 g/mol. The van der Waals surface area contributed by atoms with E-state index in [0.717, 1.165) is 38.0 Å². The average molecular weight is 230 g/mol. The highest BCUT2D eigenvalue weighted by Crippen LogP contribution is 2.27. The quantitative estimate of drug-likeness (QED) is 0.859. The molecule has 1 fully saturated rings. The highest BCUT2D eigenvalue weighted by molar-refractivity contribution is 5.32. The van der Waals surface area contributed by atoms with Gasteiger partial charge in [-0.25, -0.2) is 0 Å². The molecule has 0 aliphatic carbocycles. The predicted molar refractivity (Wildman–Crippen MR) is 66.3 cm³/mol. The Kier molecular flexibility index (Phi) is 3.46. The first-order chi connectivity index (χ1) is 8.15. The van der Waals surface area contributed by atoms with E-state index < -0.39 is 5.60 Å². The fraction of sp³-hybridized carbons (Fsp3) is 0.500. The molecule has 1 heterocycles. The molecule has 0 atom stereocenters. The minimum atomic E-state index is -0.471. The summed E-state index contributed by atoms with van der Waals surface area (Å²) in [6.07, 6.45) is 1.90. The minimum Gasteiger partial charge on any atom is -0.387 e. The Bertz CT molecular complexity index is 430. The summed E-state index contributed by atoms with van der Waals surface area (Å²) in [5, 5.41) is 18.9. The molecule has 3 nitrogen and oxygen atoms in total. The van der Waals surface area contributed by atoms with Crippen molar-refractivity contribution in [3.8, 4) is 6.07 Å². The molecule has 1 aromatic carbocycles. The molecule has 1 saturated heterocycles. The van der Waals surface area contributed by atoms with Gasteiger partial charge in [-0.3, -0.25) is 4.90 Å². The van der Waals surface area contributed by atoms with Gasteiger partial charge in [0.2, 0.25) is 0 Å². The third-order valence-electron chi connectivity index (χ3n) is 3.21. The van der Waals surface area contributed by atoms with Crippen molar-refractivity contribution in [2.24, 2.45) is 0 Å². The first-order valence-electron chi connectivity index (χ1n) is 6.09. The molecule has 0 aromatic heterocycles. The summed E-state index contributed by atoms with van der Waals surface area (Å²) in [6, 6.07) is 9.81. The van der Waals surface area contributed by atoms with E-state index in [4.69, 9.17) is 5.26 Å². The lowest BCUT2D eigenvalue weighted by atomic mass is 9.89. The molecular weight excluding hydrogens is 212 g/mol. The zero-order valence-electron chi connectivity index (χ0n) is 10.2. The SMILES string of the molecule is CCCC1(O)CN(Cc2cccc(C#N)c2)C1. The second-order valence-corrected chi connectivity index (χ2v) is 4.93. The number of β-amino-alcohol motifs (C(OH)–C–C–N with tert-alkyl or cyclic N) is 1. The Morgan fingerprint density at radius 1 is 1.47 bits per heavy atom. The van der Waals surface area contributed by atoms with Crippen molar-refractivity contribution < 1.29 is 5.11 Å². The van der Waals surface area contributed by atoms with Gasteiger partial charge < -0.3 is 5.11 Å². The second kappa shape index (κ2) is 4.87. The van der Waals surface area contributed by atoms with E-state index in [2.05, 4.69) is 17.9 Å². The number of nitriles is 1. The van der Waals surface area contributed by atoms with Crippen LogP contribution in [0.25, 0.3) is 0 Å². The zero-order chi connectivity index (χ0) is 12.3. The van der Waals surface area contributed by atoms with Gasteiger partial charge in [-0.1, -0.05) is 25.5 Å². The fourth-order valence-corrected chi connectivity index (χ4v) is 2.52. The first kappa shape index (κ1) is 12.1. The van der Waals surface area contributed by atoms with Crippen LogP contribution in [0.4, 0.5) is 0 Å². The van der Waals surface area contributed by atoms with E-state index in [0.29, 0.717) is 5.56 Å². The highest BCUT2D eigenvalue weighted by atomic mass is 16.3. The standard InChI is InChI=1S/C14H18N2O/c1-2-6-14(17)10-16(11-14)9-13-5-3-4-12(7-13)8-15/h3-5,7,17H,2,6,9-11H2,1H3. The summed E-state index contributed by atoms with van der Waals surface area (Å²) in [4.78, 5) is 2.21. The van der Waals surface area contributed by atoms with Gasteiger partial charge in [0.25, 0.3) is 0 Å². The molecule has 0 saturated carbocycles. The average Bonchev–Trinajstić information content (AvgIpc) is 2.28. The van der Waals surface area contributed by atoms with E-state index >= 15 is 0 Å². The van der Waals surface area contributed by atoms with Crippen molar-refractivity contribution in [1.82, 2.24) is 4.90 Å². The topological polar surface area (TPSA) is 47.3 Å². The zero-order valence-corrected chi connectivity index (χ0v) is 10.2. The van der Waals surface area contributed by atoms with Gasteiger partial charge in [0, 0.05) is 19.6 Å². The highest BCUT2D eigenvalue weighted by Gasteiger charge is 2.39. The van der Waals surface area contributed by atoms with Crippen LogP contribution in [-0.2, 0) is 6.54 Å². The van der Waals surface area contributed by atoms with E-state index in [9.17, 15) is 5.11 Å². The number of nitrogens with zero attached hydrogens (tertiary/aromatic N) is 2. The van der Waals surface area contributed by atoms with Crippen LogP contribution in [-0.4, -0.2) is 28.7 Å². The van der Waals surface area contributed by atoms with Crippen LogP contribution >= 0.6 is 0 Å². The molecule has 90 valence electrons. The molecule has 1 N–H and O–H groups in total.